The van der Waals surface area contributed by atoms with E-state index >= 15 is 0 Å². The van der Waals surface area contributed by atoms with Crippen molar-refractivity contribution in [2.45, 2.75) is 50.1 Å². The molecule has 0 saturated heterocycles. The van der Waals surface area contributed by atoms with E-state index in [0.717, 1.165) is 25.7 Å². The van der Waals surface area contributed by atoms with E-state index in [9.17, 15) is 13.6 Å². The molecule has 1 saturated carbocycles. The highest BCUT2D eigenvalue weighted by Gasteiger charge is 2.41. The minimum atomic E-state index is -2.38. The van der Waals surface area contributed by atoms with Crippen LogP contribution in [0, 0.1) is 0 Å². The second-order valence-corrected chi connectivity index (χ2v) is 7.75. The summed E-state index contributed by atoms with van der Waals surface area (Å²) in [4.78, 5) is 13.0. The van der Waals surface area contributed by atoms with Crippen LogP contribution < -0.4 is 20.1 Å². The average molecular weight is 414 g/mol. The fourth-order valence-corrected chi connectivity index (χ4v) is 4.36. The zero-order valence-corrected chi connectivity index (χ0v) is 17.3. The van der Waals surface area contributed by atoms with Gasteiger partial charge in [0.05, 0.1) is 13.5 Å². The number of rotatable bonds is 8. The first-order chi connectivity index (χ1) is 12.9. The van der Waals surface area contributed by atoms with E-state index in [-0.39, 0.29) is 23.4 Å². The van der Waals surface area contributed by atoms with Crippen molar-refractivity contribution in [2.75, 3.05) is 14.2 Å². The topological polar surface area (TPSA) is 99.7 Å². The van der Waals surface area contributed by atoms with Crippen LogP contribution in [0.15, 0.2) is 24.3 Å². The molecule has 27 heavy (non-hydrogen) atoms. The Morgan fingerprint density at radius 3 is 2.44 bits per heavy atom. The number of thiocarbonyl (C=S) groups is 1. The molecule has 0 radical (unpaired) electrons. The molecule has 1 aliphatic carbocycles. The van der Waals surface area contributed by atoms with E-state index in [0.29, 0.717) is 11.3 Å². The molecule has 150 valence electrons. The lowest BCUT2D eigenvalue weighted by atomic mass is 9.86. The van der Waals surface area contributed by atoms with Crippen molar-refractivity contribution < 1.29 is 18.3 Å². The van der Waals surface area contributed by atoms with E-state index in [2.05, 4.69) is 15.4 Å². The number of ether oxygens (including phenoxy) is 1. The number of carbonyl (C=O) groups is 1. The number of carbonyl (C=O) groups excluding carboxylic acids is 1. The summed E-state index contributed by atoms with van der Waals surface area (Å²) in [6.45, 7) is 0. The lowest BCUT2D eigenvalue weighted by Crippen LogP contribution is -2.56. The largest absolute Gasteiger partial charge is 0.497 e. The standard InChI is InChI=1S/C18H27N3O4S2/c1-19-17(26)18(21-27(23)24,13-8-10-15(25-2)11-9-13)12-16(22)20-14-6-4-3-5-7-14/h8-11,14,21H,3-7,12H2,1-2H3,(H,19,26)(H,20,22)(H,23,24). The zero-order chi connectivity index (χ0) is 19.9. The zero-order valence-electron chi connectivity index (χ0n) is 15.6. The van der Waals surface area contributed by atoms with Gasteiger partial charge in [-0.05, 0) is 30.5 Å². The first-order valence-electron chi connectivity index (χ1n) is 8.96. The molecular weight excluding hydrogens is 386 g/mol. The molecule has 2 atom stereocenters. The predicted molar refractivity (Wildman–Crippen MR) is 110 cm³/mol. The smallest absolute Gasteiger partial charge is 0.232 e. The Kier molecular flexibility index (Phi) is 8.15. The van der Waals surface area contributed by atoms with Gasteiger partial charge in [0.1, 0.15) is 16.3 Å². The Morgan fingerprint density at radius 1 is 1.30 bits per heavy atom. The Bertz CT molecular complexity index is 678. The first-order valence-corrected chi connectivity index (χ1v) is 10.5. The maximum atomic E-state index is 12.8. The number of methoxy groups -OCH3 is 1. The fraction of sp³-hybridized carbons (Fsp3) is 0.556. The molecule has 1 fully saturated rings. The van der Waals surface area contributed by atoms with E-state index in [4.69, 9.17) is 17.0 Å². The molecule has 1 aromatic carbocycles. The molecule has 0 aromatic heterocycles. The van der Waals surface area contributed by atoms with Crippen molar-refractivity contribution in [1.82, 2.24) is 15.4 Å². The van der Waals surface area contributed by atoms with E-state index < -0.39 is 16.8 Å². The lowest BCUT2D eigenvalue weighted by Gasteiger charge is -2.34. The van der Waals surface area contributed by atoms with E-state index in [1.807, 2.05) is 0 Å². The first kappa shape index (κ1) is 21.7. The van der Waals surface area contributed by atoms with Gasteiger partial charge in [-0.3, -0.25) is 9.35 Å². The quantitative estimate of drug-likeness (QED) is 0.384. The second-order valence-electron chi connectivity index (χ2n) is 6.64. The highest BCUT2D eigenvalue weighted by atomic mass is 32.2. The van der Waals surface area contributed by atoms with Crippen LogP contribution in [-0.2, 0) is 21.6 Å². The van der Waals surface area contributed by atoms with Crippen LogP contribution in [0.5, 0.6) is 5.75 Å². The molecule has 0 aliphatic heterocycles. The van der Waals surface area contributed by atoms with Crippen molar-refractivity contribution >= 4 is 34.4 Å². The third-order valence-corrected chi connectivity index (χ3v) is 5.93. The van der Waals surface area contributed by atoms with Crippen molar-refractivity contribution in [1.29, 1.82) is 0 Å². The van der Waals surface area contributed by atoms with Gasteiger partial charge in [0.15, 0.2) is 0 Å². The molecule has 1 amide bonds. The average Bonchev–Trinajstić information content (AvgIpc) is 2.67. The summed E-state index contributed by atoms with van der Waals surface area (Å²) in [7, 11) is 3.18. The number of hydrogen-bond acceptors (Lipinski definition) is 4. The molecule has 0 bridgehead atoms. The van der Waals surface area contributed by atoms with Gasteiger partial charge in [-0.15, -0.1) is 0 Å². The van der Waals surface area contributed by atoms with Gasteiger partial charge >= 0.3 is 0 Å². The molecule has 0 heterocycles. The minimum absolute atomic E-state index is 0.0954. The molecule has 0 spiro atoms. The summed E-state index contributed by atoms with van der Waals surface area (Å²) in [6.07, 6.45) is 5.21. The Labute approximate surface area is 168 Å². The van der Waals surface area contributed by atoms with Crippen LogP contribution in [0.4, 0.5) is 0 Å². The van der Waals surface area contributed by atoms with E-state index in [1.54, 1.807) is 38.4 Å². The third kappa shape index (κ3) is 5.71. The van der Waals surface area contributed by atoms with Gasteiger partial charge in [-0.1, -0.05) is 43.6 Å². The Balaban J connectivity index is 2.32. The van der Waals surface area contributed by atoms with Crippen molar-refractivity contribution in [2.24, 2.45) is 0 Å². The monoisotopic (exact) mass is 413 g/mol. The number of nitrogens with one attached hydrogen (secondary N) is 3. The van der Waals surface area contributed by atoms with Gasteiger partial charge < -0.3 is 15.4 Å². The molecule has 9 heteroatoms. The van der Waals surface area contributed by atoms with E-state index in [1.165, 1.54) is 6.42 Å². The van der Waals surface area contributed by atoms with Gasteiger partial charge in [0.2, 0.25) is 17.2 Å². The van der Waals surface area contributed by atoms with Crippen molar-refractivity contribution in [3.05, 3.63) is 29.8 Å². The van der Waals surface area contributed by atoms with Crippen LogP contribution in [0.2, 0.25) is 0 Å². The highest BCUT2D eigenvalue weighted by molar-refractivity contribution is 7.80. The molecular formula is C18H27N3O4S2. The predicted octanol–water partition coefficient (Wildman–Crippen LogP) is 2.00. The number of benzene rings is 1. The number of likely N-dealkylation sites (N-methyl/N-ethyl adjacent to an activating group) is 1. The molecule has 2 rings (SSSR count). The number of amides is 1. The third-order valence-electron chi connectivity index (χ3n) is 4.86. The molecule has 4 N–H and O–H groups in total. The molecule has 7 nitrogen and oxygen atoms in total. The van der Waals surface area contributed by atoms with Crippen LogP contribution >= 0.6 is 12.2 Å². The maximum absolute atomic E-state index is 12.8. The summed E-state index contributed by atoms with van der Waals surface area (Å²) < 4.78 is 29.0. The maximum Gasteiger partial charge on any atom is 0.232 e. The lowest BCUT2D eigenvalue weighted by molar-refractivity contribution is -0.122. The Hall–Kier alpha value is -1.55. The van der Waals surface area contributed by atoms with Gasteiger partial charge in [-0.25, -0.2) is 4.21 Å². The molecule has 1 aliphatic rings. The van der Waals surface area contributed by atoms with Crippen LogP contribution in [-0.4, -0.2) is 39.9 Å². The summed E-state index contributed by atoms with van der Waals surface area (Å²) in [5.41, 5.74) is -0.710. The number of hydrogen-bond donors (Lipinski definition) is 4. The minimum Gasteiger partial charge on any atom is -0.497 e. The normalized spacial score (nSPS) is 18.2. The van der Waals surface area contributed by atoms with Crippen LogP contribution in [0.3, 0.4) is 0 Å². The van der Waals surface area contributed by atoms with Crippen molar-refractivity contribution in [3.63, 3.8) is 0 Å². The molecule has 1 aromatic rings. The molecule has 2 unspecified atom stereocenters. The van der Waals surface area contributed by atoms with Crippen molar-refractivity contribution in [3.8, 4) is 5.75 Å². The summed E-state index contributed by atoms with van der Waals surface area (Å²) >= 11 is 3.07. The fourth-order valence-electron chi connectivity index (χ4n) is 3.46. The SMILES string of the molecule is CNC(=S)C(CC(=O)NC1CCCCC1)(NS(=O)O)c1ccc(OC)cc1. The summed E-state index contributed by atoms with van der Waals surface area (Å²) in [5.74, 6) is 0.424. The van der Waals surface area contributed by atoms with Gasteiger partial charge in [0.25, 0.3) is 0 Å². The Morgan fingerprint density at radius 2 is 1.93 bits per heavy atom. The summed E-state index contributed by atoms with van der Waals surface area (Å²) in [5, 5.41) is 5.91. The van der Waals surface area contributed by atoms with Gasteiger partial charge in [-0.2, -0.15) is 4.72 Å². The summed E-state index contributed by atoms with van der Waals surface area (Å²) in [6, 6.07) is 7.06. The van der Waals surface area contributed by atoms with Gasteiger partial charge in [0, 0.05) is 13.1 Å². The van der Waals surface area contributed by atoms with Crippen LogP contribution in [0.1, 0.15) is 44.1 Å². The van der Waals surface area contributed by atoms with Crippen LogP contribution in [0.25, 0.3) is 0 Å². The highest BCUT2D eigenvalue weighted by Crippen LogP contribution is 2.29. The second kappa shape index (κ2) is 10.1.